The highest BCUT2D eigenvalue weighted by Gasteiger charge is 2.13. The summed E-state index contributed by atoms with van der Waals surface area (Å²) in [6, 6.07) is 10.3. The summed E-state index contributed by atoms with van der Waals surface area (Å²) in [5.41, 5.74) is 9.99. The Balaban J connectivity index is 1.79. The number of aromatic nitrogens is 4. The number of hydrogen-bond donors (Lipinski definition) is 1. The van der Waals surface area contributed by atoms with Crippen LogP contribution < -0.4 is 5.73 Å². The Labute approximate surface area is 137 Å². The molecule has 0 radical (unpaired) electrons. The number of thioether (sulfide) groups is 1. The van der Waals surface area contributed by atoms with Crippen LogP contribution in [-0.4, -0.2) is 19.7 Å². The Morgan fingerprint density at radius 1 is 1.23 bits per heavy atom. The van der Waals surface area contributed by atoms with Gasteiger partial charge in [-0.1, -0.05) is 42.1 Å². The Morgan fingerprint density at radius 2 is 2.05 bits per heavy atom. The molecule has 2 aromatic heterocycles. The highest BCUT2D eigenvalue weighted by Crippen LogP contribution is 2.25. The van der Waals surface area contributed by atoms with E-state index < -0.39 is 0 Å². The third-order valence-electron chi connectivity index (χ3n) is 3.34. The molecule has 5 nitrogen and oxygen atoms in total. The van der Waals surface area contributed by atoms with E-state index in [1.54, 1.807) is 23.1 Å². The van der Waals surface area contributed by atoms with Crippen molar-refractivity contribution in [2.75, 3.05) is 0 Å². The van der Waals surface area contributed by atoms with E-state index in [9.17, 15) is 0 Å². The molecule has 0 atom stereocenters. The van der Waals surface area contributed by atoms with Gasteiger partial charge in [0.05, 0.1) is 24.3 Å². The zero-order valence-corrected chi connectivity index (χ0v) is 13.9. The van der Waals surface area contributed by atoms with Gasteiger partial charge < -0.3 is 10.3 Å². The summed E-state index contributed by atoms with van der Waals surface area (Å²) in [6.45, 7) is 3.21. The maximum absolute atomic E-state index is 5.79. The third-order valence-corrected chi connectivity index (χ3v) is 5.12. The monoisotopic (exact) mass is 331 g/mol. The maximum atomic E-state index is 5.79. The normalized spacial score (nSPS) is 11.0. The summed E-state index contributed by atoms with van der Waals surface area (Å²) in [7, 11) is 0. The van der Waals surface area contributed by atoms with Crippen molar-refractivity contribution in [1.29, 1.82) is 0 Å². The number of nitrogens with zero attached hydrogens (tertiary/aromatic N) is 4. The molecule has 0 aliphatic heterocycles. The first-order valence-corrected chi connectivity index (χ1v) is 8.82. The molecule has 0 saturated carbocycles. The van der Waals surface area contributed by atoms with Crippen molar-refractivity contribution in [2.45, 2.75) is 30.9 Å². The Kier molecular flexibility index (Phi) is 4.87. The molecule has 0 bridgehead atoms. The second kappa shape index (κ2) is 7.04. The SMILES string of the molecule is Cc1scnc1CSc1nnc(CN)n1Cc1ccccc1. The quantitative estimate of drug-likeness (QED) is 0.703. The fourth-order valence-electron chi connectivity index (χ4n) is 2.10. The van der Waals surface area contributed by atoms with Crippen LogP contribution in [0.3, 0.4) is 0 Å². The first kappa shape index (κ1) is 15.2. The molecular formula is C15H17N5S2. The topological polar surface area (TPSA) is 69.6 Å². The summed E-state index contributed by atoms with van der Waals surface area (Å²) in [5, 5.41) is 9.37. The number of benzene rings is 1. The molecular weight excluding hydrogens is 314 g/mol. The lowest BCUT2D eigenvalue weighted by atomic mass is 10.2. The van der Waals surface area contributed by atoms with Crippen molar-refractivity contribution in [2.24, 2.45) is 5.73 Å². The zero-order chi connectivity index (χ0) is 15.4. The van der Waals surface area contributed by atoms with E-state index in [2.05, 4.69) is 38.8 Å². The second-order valence-corrected chi connectivity index (χ2v) is 6.82. The standard InChI is InChI=1S/C15H17N5S2/c1-11-13(17-10-22-11)9-21-15-19-18-14(7-16)20(15)8-12-5-3-2-4-6-12/h2-6,10H,7-9,16H2,1H3. The summed E-state index contributed by atoms with van der Waals surface area (Å²) in [6.07, 6.45) is 0. The van der Waals surface area contributed by atoms with Crippen LogP contribution in [0.25, 0.3) is 0 Å². The fourth-order valence-corrected chi connectivity index (χ4v) is 3.77. The highest BCUT2D eigenvalue weighted by atomic mass is 32.2. The second-order valence-electron chi connectivity index (χ2n) is 4.82. The molecule has 2 heterocycles. The molecule has 3 aromatic rings. The number of thiazole rings is 1. The van der Waals surface area contributed by atoms with Gasteiger partial charge in [-0.3, -0.25) is 0 Å². The van der Waals surface area contributed by atoms with Gasteiger partial charge in [-0.05, 0) is 12.5 Å². The van der Waals surface area contributed by atoms with Crippen molar-refractivity contribution in [1.82, 2.24) is 19.7 Å². The Morgan fingerprint density at radius 3 is 2.73 bits per heavy atom. The number of aryl methyl sites for hydroxylation is 1. The minimum atomic E-state index is 0.385. The Hall–Kier alpha value is -1.70. The van der Waals surface area contributed by atoms with Crippen LogP contribution in [0.15, 0.2) is 41.0 Å². The lowest BCUT2D eigenvalue weighted by Gasteiger charge is -2.09. The molecule has 0 saturated heterocycles. The Bertz CT molecular complexity index is 735. The van der Waals surface area contributed by atoms with Crippen molar-refractivity contribution < 1.29 is 0 Å². The van der Waals surface area contributed by atoms with Crippen molar-refractivity contribution in [3.8, 4) is 0 Å². The maximum Gasteiger partial charge on any atom is 0.191 e. The summed E-state index contributed by atoms with van der Waals surface area (Å²) < 4.78 is 2.09. The van der Waals surface area contributed by atoms with E-state index in [0.29, 0.717) is 6.54 Å². The van der Waals surface area contributed by atoms with Gasteiger partial charge in [0.2, 0.25) is 0 Å². The lowest BCUT2D eigenvalue weighted by Crippen LogP contribution is -2.10. The van der Waals surface area contributed by atoms with Gasteiger partial charge in [-0.15, -0.1) is 21.5 Å². The summed E-state index contributed by atoms with van der Waals surface area (Å²) in [5.74, 6) is 1.61. The van der Waals surface area contributed by atoms with Gasteiger partial charge in [0.1, 0.15) is 5.82 Å². The van der Waals surface area contributed by atoms with Gasteiger partial charge in [0.15, 0.2) is 5.16 Å². The van der Waals surface area contributed by atoms with Gasteiger partial charge in [0, 0.05) is 10.6 Å². The molecule has 2 N–H and O–H groups in total. The highest BCUT2D eigenvalue weighted by molar-refractivity contribution is 7.98. The number of nitrogens with two attached hydrogens (primary N) is 1. The first-order chi connectivity index (χ1) is 10.8. The lowest BCUT2D eigenvalue weighted by molar-refractivity contribution is 0.666. The molecule has 0 aliphatic carbocycles. The van der Waals surface area contributed by atoms with Crippen molar-refractivity contribution in [3.05, 3.63) is 57.8 Å². The van der Waals surface area contributed by atoms with Gasteiger partial charge in [-0.25, -0.2) is 4.98 Å². The van der Waals surface area contributed by atoms with Crippen LogP contribution in [0, 0.1) is 6.92 Å². The molecule has 1 aromatic carbocycles. The summed E-state index contributed by atoms with van der Waals surface area (Å²) >= 11 is 3.32. The van der Waals surface area contributed by atoms with Gasteiger partial charge in [0.25, 0.3) is 0 Å². The minimum Gasteiger partial charge on any atom is -0.324 e. The molecule has 0 amide bonds. The molecule has 0 unspecified atom stereocenters. The molecule has 0 fully saturated rings. The van der Waals surface area contributed by atoms with Crippen LogP contribution in [-0.2, 0) is 18.8 Å². The van der Waals surface area contributed by atoms with E-state index in [1.807, 2.05) is 23.7 Å². The molecule has 7 heteroatoms. The largest absolute Gasteiger partial charge is 0.324 e. The van der Waals surface area contributed by atoms with E-state index in [-0.39, 0.29) is 0 Å². The van der Waals surface area contributed by atoms with Crippen LogP contribution in [0.1, 0.15) is 22.0 Å². The average molecular weight is 331 g/mol. The van der Waals surface area contributed by atoms with E-state index in [1.165, 1.54) is 10.4 Å². The van der Waals surface area contributed by atoms with E-state index >= 15 is 0 Å². The molecule has 0 aliphatic rings. The van der Waals surface area contributed by atoms with Crippen molar-refractivity contribution >= 4 is 23.1 Å². The predicted molar refractivity (Wildman–Crippen MR) is 89.9 cm³/mol. The molecule has 0 spiro atoms. The average Bonchev–Trinajstić information content (AvgIpc) is 3.12. The van der Waals surface area contributed by atoms with Gasteiger partial charge >= 0.3 is 0 Å². The number of rotatable bonds is 6. The first-order valence-electron chi connectivity index (χ1n) is 6.95. The predicted octanol–water partition coefficient (Wildman–Crippen LogP) is 2.84. The van der Waals surface area contributed by atoms with Crippen LogP contribution in [0.5, 0.6) is 0 Å². The molecule has 22 heavy (non-hydrogen) atoms. The van der Waals surface area contributed by atoms with Crippen LogP contribution in [0.4, 0.5) is 0 Å². The fraction of sp³-hybridized carbons (Fsp3) is 0.267. The van der Waals surface area contributed by atoms with Crippen LogP contribution >= 0.6 is 23.1 Å². The molecule has 114 valence electrons. The van der Waals surface area contributed by atoms with Crippen molar-refractivity contribution in [3.63, 3.8) is 0 Å². The number of hydrogen-bond acceptors (Lipinski definition) is 6. The van der Waals surface area contributed by atoms with Gasteiger partial charge in [-0.2, -0.15) is 0 Å². The summed E-state index contributed by atoms with van der Waals surface area (Å²) in [4.78, 5) is 5.64. The van der Waals surface area contributed by atoms with E-state index in [4.69, 9.17) is 5.73 Å². The smallest absolute Gasteiger partial charge is 0.191 e. The molecule has 3 rings (SSSR count). The van der Waals surface area contributed by atoms with E-state index in [0.717, 1.165) is 29.0 Å². The van der Waals surface area contributed by atoms with Crippen LogP contribution in [0.2, 0.25) is 0 Å². The minimum absolute atomic E-state index is 0.385. The zero-order valence-electron chi connectivity index (χ0n) is 12.3. The third kappa shape index (κ3) is 3.37.